The summed E-state index contributed by atoms with van der Waals surface area (Å²) < 4.78 is 1.90. The van der Waals surface area contributed by atoms with Crippen LogP contribution in [0.25, 0.3) is 22.3 Å². The third-order valence-electron chi connectivity index (χ3n) is 4.07. The van der Waals surface area contributed by atoms with Crippen LogP contribution in [0.3, 0.4) is 0 Å². The molecule has 0 atom stereocenters. The molecule has 0 bridgehead atoms. The van der Waals surface area contributed by atoms with E-state index in [1.807, 2.05) is 31.2 Å². The van der Waals surface area contributed by atoms with Crippen molar-refractivity contribution in [3.8, 4) is 11.4 Å². The van der Waals surface area contributed by atoms with Crippen LogP contribution in [0.4, 0.5) is 0 Å². The quantitative estimate of drug-likeness (QED) is 0.347. The lowest BCUT2D eigenvalue weighted by molar-refractivity contribution is 0.871. The molecule has 2 heterocycles. The number of hydrogen-bond acceptors (Lipinski definition) is 3. The Kier molecular flexibility index (Phi) is 4.40. The SMILES string of the molecule is Cc1[nH]c2ccccc2c1/C=N/n1c(-c2cc(Cl)ccc2Cl)n[nH]c1=S. The number of para-hydroxylation sites is 1. The summed E-state index contributed by atoms with van der Waals surface area (Å²) in [4.78, 5) is 3.35. The van der Waals surface area contributed by atoms with Crippen LogP contribution in [0.5, 0.6) is 0 Å². The number of H-pyrrole nitrogens is 2. The molecular formula is C18H13Cl2N5S. The Morgan fingerprint density at radius 3 is 2.85 bits per heavy atom. The van der Waals surface area contributed by atoms with E-state index in [0.717, 1.165) is 22.2 Å². The molecule has 130 valence electrons. The van der Waals surface area contributed by atoms with Crippen LogP contribution in [0, 0.1) is 11.7 Å². The van der Waals surface area contributed by atoms with E-state index in [2.05, 4.69) is 20.3 Å². The van der Waals surface area contributed by atoms with E-state index in [4.69, 9.17) is 35.4 Å². The van der Waals surface area contributed by atoms with Crippen LogP contribution < -0.4 is 0 Å². The van der Waals surface area contributed by atoms with E-state index in [1.165, 1.54) is 4.68 Å². The molecule has 8 heteroatoms. The highest BCUT2D eigenvalue weighted by atomic mass is 35.5. The van der Waals surface area contributed by atoms with Gasteiger partial charge in [0.25, 0.3) is 0 Å². The number of aromatic nitrogens is 4. The van der Waals surface area contributed by atoms with E-state index in [9.17, 15) is 0 Å². The Balaban J connectivity index is 1.83. The van der Waals surface area contributed by atoms with Crippen molar-refractivity contribution in [2.45, 2.75) is 6.92 Å². The second-order valence-corrected chi connectivity index (χ2v) is 6.97. The number of aromatic amines is 2. The fourth-order valence-corrected chi connectivity index (χ4v) is 3.38. The maximum atomic E-state index is 6.30. The summed E-state index contributed by atoms with van der Waals surface area (Å²) in [7, 11) is 0. The van der Waals surface area contributed by atoms with Gasteiger partial charge in [0.15, 0.2) is 5.82 Å². The highest BCUT2D eigenvalue weighted by Crippen LogP contribution is 2.29. The molecule has 4 rings (SSSR count). The smallest absolute Gasteiger partial charge is 0.216 e. The molecule has 2 aromatic heterocycles. The van der Waals surface area contributed by atoms with Crippen molar-refractivity contribution in [2.75, 3.05) is 0 Å². The molecule has 0 saturated heterocycles. The summed E-state index contributed by atoms with van der Waals surface area (Å²) in [6.07, 6.45) is 1.77. The lowest BCUT2D eigenvalue weighted by atomic mass is 10.1. The van der Waals surface area contributed by atoms with Crippen molar-refractivity contribution >= 4 is 52.5 Å². The molecule has 2 N–H and O–H groups in total. The van der Waals surface area contributed by atoms with Crippen molar-refractivity contribution in [1.29, 1.82) is 0 Å². The number of rotatable bonds is 3. The van der Waals surface area contributed by atoms with Crippen LogP contribution >= 0.6 is 35.4 Å². The first kappa shape index (κ1) is 17.0. The summed E-state index contributed by atoms with van der Waals surface area (Å²) in [6, 6.07) is 13.2. The van der Waals surface area contributed by atoms with Gasteiger partial charge in [0.1, 0.15) is 0 Å². The van der Waals surface area contributed by atoms with Gasteiger partial charge in [-0.15, -0.1) is 0 Å². The Labute approximate surface area is 164 Å². The first-order valence-electron chi connectivity index (χ1n) is 7.79. The van der Waals surface area contributed by atoms with Crippen LogP contribution in [-0.2, 0) is 0 Å². The van der Waals surface area contributed by atoms with Crippen molar-refractivity contribution in [2.24, 2.45) is 5.10 Å². The second kappa shape index (κ2) is 6.72. The predicted molar refractivity (Wildman–Crippen MR) is 109 cm³/mol. The highest BCUT2D eigenvalue weighted by molar-refractivity contribution is 7.71. The maximum Gasteiger partial charge on any atom is 0.216 e. The third-order valence-corrected chi connectivity index (χ3v) is 4.89. The van der Waals surface area contributed by atoms with Crippen molar-refractivity contribution in [3.05, 3.63) is 68.5 Å². The Morgan fingerprint density at radius 2 is 2.00 bits per heavy atom. The van der Waals surface area contributed by atoms with Crippen LogP contribution in [0.2, 0.25) is 10.0 Å². The van der Waals surface area contributed by atoms with Gasteiger partial charge >= 0.3 is 0 Å². The van der Waals surface area contributed by atoms with Crippen molar-refractivity contribution in [3.63, 3.8) is 0 Å². The molecule has 0 aliphatic rings. The van der Waals surface area contributed by atoms with Crippen LogP contribution in [0.15, 0.2) is 47.6 Å². The number of halogens is 2. The zero-order valence-corrected chi connectivity index (χ0v) is 16.0. The van der Waals surface area contributed by atoms with Gasteiger partial charge in [-0.2, -0.15) is 14.9 Å². The lowest BCUT2D eigenvalue weighted by Gasteiger charge is -2.04. The number of aryl methyl sites for hydroxylation is 1. The molecule has 0 unspecified atom stereocenters. The molecule has 0 amide bonds. The normalized spacial score (nSPS) is 11.7. The summed E-state index contributed by atoms with van der Waals surface area (Å²) in [5, 5.41) is 13.7. The fourth-order valence-electron chi connectivity index (χ4n) is 2.82. The number of nitrogens with one attached hydrogen (secondary N) is 2. The molecule has 4 aromatic rings. The van der Waals surface area contributed by atoms with E-state index < -0.39 is 0 Å². The van der Waals surface area contributed by atoms with Crippen LogP contribution in [0.1, 0.15) is 11.3 Å². The van der Waals surface area contributed by atoms with Gasteiger partial charge < -0.3 is 4.98 Å². The number of benzene rings is 2. The van der Waals surface area contributed by atoms with E-state index in [0.29, 0.717) is 26.2 Å². The van der Waals surface area contributed by atoms with Crippen LogP contribution in [-0.4, -0.2) is 26.1 Å². The minimum Gasteiger partial charge on any atom is -0.358 e. The Hall–Kier alpha value is -2.41. The average Bonchev–Trinajstić information content (AvgIpc) is 3.14. The van der Waals surface area contributed by atoms with Gasteiger partial charge in [-0.3, -0.25) is 0 Å². The molecule has 0 fully saturated rings. The maximum absolute atomic E-state index is 6.30. The number of nitrogens with zero attached hydrogens (tertiary/aromatic N) is 3. The fraction of sp³-hybridized carbons (Fsp3) is 0.0556. The van der Waals surface area contributed by atoms with E-state index in [-0.39, 0.29) is 0 Å². The first-order chi connectivity index (χ1) is 12.5. The van der Waals surface area contributed by atoms with Gasteiger partial charge in [0.2, 0.25) is 4.77 Å². The van der Waals surface area contributed by atoms with E-state index >= 15 is 0 Å². The Bertz CT molecular complexity index is 1200. The minimum absolute atomic E-state index is 0.366. The van der Waals surface area contributed by atoms with Gasteiger partial charge in [-0.05, 0) is 43.4 Å². The molecular weight excluding hydrogens is 389 g/mol. The lowest BCUT2D eigenvalue weighted by Crippen LogP contribution is -1.96. The summed E-state index contributed by atoms with van der Waals surface area (Å²) >= 11 is 17.7. The summed E-state index contributed by atoms with van der Waals surface area (Å²) in [6.45, 7) is 2.00. The Morgan fingerprint density at radius 1 is 1.19 bits per heavy atom. The molecule has 0 spiro atoms. The number of hydrogen-bond donors (Lipinski definition) is 2. The monoisotopic (exact) mass is 401 g/mol. The largest absolute Gasteiger partial charge is 0.358 e. The summed E-state index contributed by atoms with van der Waals surface area (Å²) in [5.74, 6) is 0.497. The first-order valence-corrected chi connectivity index (χ1v) is 8.95. The predicted octanol–water partition coefficient (Wildman–Crippen LogP) is 5.59. The standard InChI is InChI=1S/C18H13Cl2N5S/c1-10-14(12-4-2-3-5-16(12)22-10)9-21-25-17(23-24-18(25)26)13-8-11(19)6-7-15(13)20/h2-9,22H,1H3,(H,24,26)/b21-9+. The molecule has 0 radical (unpaired) electrons. The number of fused-ring (bicyclic) bond motifs is 1. The van der Waals surface area contributed by atoms with Gasteiger partial charge in [0.05, 0.1) is 11.2 Å². The van der Waals surface area contributed by atoms with Crippen molar-refractivity contribution in [1.82, 2.24) is 19.9 Å². The highest BCUT2D eigenvalue weighted by Gasteiger charge is 2.13. The average molecular weight is 402 g/mol. The third kappa shape index (κ3) is 2.96. The summed E-state index contributed by atoms with van der Waals surface area (Å²) in [5.41, 5.74) is 3.72. The molecule has 0 saturated carbocycles. The zero-order chi connectivity index (χ0) is 18.3. The second-order valence-electron chi connectivity index (χ2n) is 5.74. The van der Waals surface area contributed by atoms with Gasteiger partial charge in [-0.1, -0.05) is 41.4 Å². The van der Waals surface area contributed by atoms with Gasteiger partial charge in [-0.25, -0.2) is 5.10 Å². The minimum atomic E-state index is 0.366. The molecule has 0 aliphatic heterocycles. The topological polar surface area (TPSA) is 61.8 Å². The molecule has 2 aromatic carbocycles. The zero-order valence-electron chi connectivity index (χ0n) is 13.6. The van der Waals surface area contributed by atoms with Crippen molar-refractivity contribution < 1.29 is 0 Å². The molecule has 26 heavy (non-hydrogen) atoms. The van der Waals surface area contributed by atoms with Gasteiger partial charge in [0, 0.05) is 32.7 Å². The van der Waals surface area contributed by atoms with E-state index in [1.54, 1.807) is 24.4 Å². The molecule has 5 nitrogen and oxygen atoms in total. The molecule has 0 aliphatic carbocycles.